The van der Waals surface area contributed by atoms with Gasteiger partial charge in [0, 0.05) is 31.5 Å². The minimum atomic E-state index is -0.288. The van der Waals surface area contributed by atoms with Crippen LogP contribution in [-0.2, 0) is 6.42 Å². The Labute approximate surface area is 163 Å². The number of aromatic nitrogens is 2. The first-order valence-electron chi connectivity index (χ1n) is 9.36. The zero-order valence-corrected chi connectivity index (χ0v) is 16.1. The summed E-state index contributed by atoms with van der Waals surface area (Å²) in [6.07, 6.45) is 2.59. The lowest BCUT2D eigenvalue weighted by molar-refractivity contribution is 0.0940. The molecule has 7 nitrogen and oxygen atoms in total. The van der Waals surface area contributed by atoms with Crippen molar-refractivity contribution in [3.63, 3.8) is 0 Å². The van der Waals surface area contributed by atoms with Crippen molar-refractivity contribution in [3.05, 3.63) is 65.7 Å². The van der Waals surface area contributed by atoms with Crippen molar-refractivity contribution in [1.29, 1.82) is 0 Å². The van der Waals surface area contributed by atoms with Gasteiger partial charge in [-0.3, -0.25) is 14.0 Å². The van der Waals surface area contributed by atoms with Gasteiger partial charge in [-0.2, -0.15) is 0 Å². The number of benzene rings is 1. The molecule has 0 atom stereocenters. The maximum absolute atomic E-state index is 13.3. The van der Waals surface area contributed by atoms with E-state index in [9.17, 15) is 9.59 Å². The number of likely N-dealkylation sites (N-methyl/N-ethyl adjacent to an activating group) is 1. The van der Waals surface area contributed by atoms with Crippen molar-refractivity contribution in [1.82, 2.24) is 19.6 Å². The maximum Gasteiger partial charge on any atom is 0.287 e. The highest BCUT2D eigenvalue weighted by atomic mass is 16.2. The minimum Gasteiger partial charge on any atom is -0.348 e. The lowest BCUT2D eigenvalue weighted by Crippen LogP contribution is -2.32. The number of anilines is 1. The summed E-state index contributed by atoms with van der Waals surface area (Å²) >= 11 is 0. The highest BCUT2D eigenvalue weighted by Crippen LogP contribution is 2.29. The Hall–Kier alpha value is -3.19. The molecule has 1 aliphatic heterocycles. The molecule has 0 aliphatic carbocycles. The second-order valence-electron chi connectivity index (χ2n) is 7.13. The number of amides is 2. The standard InChI is InChI=1S/C21H23N5O2/c1-24(2)14-11-22-20(27)19-23-18(17-9-5-6-12-25(17)19)21(28)26-13-10-15-7-3-4-8-16(15)26/h3-9,12H,10-11,13-14H2,1-2H3,(H,22,27). The third-order valence-electron chi connectivity index (χ3n) is 4.93. The SMILES string of the molecule is CN(C)CCNC(=O)c1nc(C(=O)N2CCc3ccccc32)c2ccccn12. The quantitative estimate of drug-likeness (QED) is 0.737. The van der Waals surface area contributed by atoms with Crippen molar-refractivity contribution in [2.24, 2.45) is 0 Å². The number of hydrogen-bond donors (Lipinski definition) is 1. The van der Waals surface area contributed by atoms with E-state index in [1.54, 1.807) is 15.5 Å². The number of pyridine rings is 1. The van der Waals surface area contributed by atoms with E-state index in [-0.39, 0.29) is 17.6 Å². The fourth-order valence-electron chi connectivity index (χ4n) is 3.50. The topological polar surface area (TPSA) is 70.0 Å². The van der Waals surface area contributed by atoms with Gasteiger partial charge in [0.05, 0.1) is 5.52 Å². The molecule has 7 heteroatoms. The van der Waals surface area contributed by atoms with Crippen LogP contribution in [0.3, 0.4) is 0 Å². The Morgan fingerprint density at radius 3 is 2.75 bits per heavy atom. The van der Waals surface area contributed by atoms with Crippen LogP contribution in [0.1, 0.15) is 26.7 Å². The molecule has 1 aromatic carbocycles. The number of carbonyl (C=O) groups excluding carboxylic acids is 2. The second-order valence-corrected chi connectivity index (χ2v) is 7.13. The predicted octanol–water partition coefficient (Wildman–Crippen LogP) is 1.83. The number of carbonyl (C=O) groups is 2. The van der Waals surface area contributed by atoms with Crippen molar-refractivity contribution < 1.29 is 9.59 Å². The zero-order chi connectivity index (χ0) is 19.7. The van der Waals surface area contributed by atoms with Gasteiger partial charge in [-0.05, 0) is 44.3 Å². The number of fused-ring (bicyclic) bond motifs is 2. The molecule has 0 bridgehead atoms. The van der Waals surface area contributed by atoms with Crippen molar-refractivity contribution in [3.8, 4) is 0 Å². The van der Waals surface area contributed by atoms with Crippen LogP contribution < -0.4 is 10.2 Å². The molecular weight excluding hydrogens is 354 g/mol. The first kappa shape index (κ1) is 18.2. The lowest BCUT2D eigenvalue weighted by Gasteiger charge is -2.16. The van der Waals surface area contributed by atoms with Crippen LogP contribution in [0, 0.1) is 0 Å². The van der Waals surface area contributed by atoms with Crippen LogP contribution in [0.4, 0.5) is 5.69 Å². The van der Waals surface area contributed by atoms with E-state index in [0.717, 1.165) is 24.2 Å². The van der Waals surface area contributed by atoms with Gasteiger partial charge >= 0.3 is 0 Å². The zero-order valence-electron chi connectivity index (χ0n) is 16.1. The Balaban J connectivity index is 1.67. The largest absolute Gasteiger partial charge is 0.348 e. The number of hydrogen-bond acceptors (Lipinski definition) is 4. The van der Waals surface area contributed by atoms with Crippen LogP contribution in [0.5, 0.6) is 0 Å². The van der Waals surface area contributed by atoms with E-state index < -0.39 is 0 Å². The summed E-state index contributed by atoms with van der Waals surface area (Å²) in [5.74, 6) is -0.241. The molecule has 0 fully saturated rings. The minimum absolute atomic E-state index is 0.180. The molecule has 3 heterocycles. The summed E-state index contributed by atoms with van der Waals surface area (Å²) in [7, 11) is 3.89. The fraction of sp³-hybridized carbons (Fsp3) is 0.286. The van der Waals surface area contributed by atoms with Crippen LogP contribution in [0.15, 0.2) is 48.7 Å². The van der Waals surface area contributed by atoms with Crippen LogP contribution >= 0.6 is 0 Å². The summed E-state index contributed by atoms with van der Waals surface area (Å²) < 4.78 is 1.68. The van der Waals surface area contributed by atoms with E-state index in [4.69, 9.17) is 0 Å². The fourth-order valence-corrected chi connectivity index (χ4v) is 3.50. The Morgan fingerprint density at radius 1 is 1.14 bits per heavy atom. The highest BCUT2D eigenvalue weighted by Gasteiger charge is 2.29. The lowest BCUT2D eigenvalue weighted by atomic mass is 10.2. The molecule has 1 aliphatic rings. The van der Waals surface area contributed by atoms with E-state index >= 15 is 0 Å². The number of rotatable bonds is 5. The van der Waals surface area contributed by atoms with Gasteiger partial charge < -0.3 is 15.1 Å². The molecule has 3 aromatic rings. The van der Waals surface area contributed by atoms with Crippen molar-refractivity contribution >= 4 is 23.0 Å². The van der Waals surface area contributed by atoms with Gasteiger partial charge in [0.2, 0.25) is 5.82 Å². The molecule has 0 unspecified atom stereocenters. The summed E-state index contributed by atoms with van der Waals surface area (Å²) in [5, 5.41) is 2.87. The normalized spacial score (nSPS) is 13.2. The van der Waals surface area contributed by atoms with Crippen LogP contribution in [-0.4, -0.2) is 59.8 Å². The van der Waals surface area contributed by atoms with Gasteiger partial charge in [0.25, 0.3) is 11.8 Å². The molecule has 0 radical (unpaired) electrons. The summed E-state index contributed by atoms with van der Waals surface area (Å²) in [6, 6.07) is 13.4. The molecule has 2 amide bonds. The molecule has 0 saturated heterocycles. The molecule has 2 aromatic heterocycles. The first-order chi connectivity index (χ1) is 13.6. The third-order valence-corrected chi connectivity index (χ3v) is 4.93. The van der Waals surface area contributed by atoms with Crippen LogP contribution in [0.25, 0.3) is 5.52 Å². The monoisotopic (exact) mass is 377 g/mol. The first-order valence-corrected chi connectivity index (χ1v) is 9.36. The third kappa shape index (κ3) is 3.25. The summed E-state index contributed by atoms with van der Waals surface area (Å²) in [5.41, 5.74) is 3.01. The predicted molar refractivity (Wildman–Crippen MR) is 108 cm³/mol. The van der Waals surface area contributed by atoms with Gasteiger partial charge in [0.1, 0.15) is 0 Å². The Bertz CT molecular complexity index is 1040. The van der Waals surface area contributed by atoms with Crippen LogP contribution in [0.2, 0.25) is 0 Å². The second kappa shape index (κ2) is 7.44. The van der Waals surface area contributed by atoms with Gasteiger partial charge in [-0.1, -0.05) is 24.3 Å². The maximum atomic E-state index is 13.3. The van der Waals surface area contributed by atoms with Crippen molar-refractivity contribution in [2.75, 3.05) is 38.6 Å². The van der Waals surface area contributed by atoms with Gasteiger partial charge in [-0.15, -0.1) is 0 Å². The number of nitrogens with zero attached hydrogens (tertiary/aromatic N) is 4. The molecule has 4 rings (SSSR count). The molecule has 0 saturated carbocycles. The number of imidazole rings is 1. The molecule has 1 N–H and O–H groups in total. The molecule has 0 spiro atoms. The van der Waals surface area contributed by atoms with E-state index in [2.05, 4.69) is 10.3 Å². The van der Waals surface area contributed by atoms with E-state index in [0.29, 0.717) is 24.3 Å². The number of nitrogens with one attached hydrogen (secondary N) is 1. The van der Waals surface area contributed by atoms with E-state index in [1.807, 2.05) is 61.5 Å². The van der Waals surface area contributed by atoms with Gasteiger partial charge in [-0.25, -0.2) is 4.98 Å². The highest BCUT2D eigenvalue weighted by molar-refractivity contribution is 6.11. The smallest absolute Gasteiger partial charge is 0.287 e. The Kier molecular flexibility index (Phi) is 4.83. The summed E-state index contributed by atoms with van der Waals surface area (Å²) in [4.78, 5) is 34.1. The average Bonchev–Trinajstić information content (AvgIpc) is 3.29. The number of para-hydroxylation sites is 1. The molecular formula is C21H23N5O2. The van der Waals surface area contributed by atoms with Crippen molar-refractivity contribution in [2.45, 2.75) is 6.42 Å². The molecule has 144 valence electrons. The van der Waals surface area contributed by atoms with Gasteiger partial charge in [0.15, 0.2) is 5.69 Å². The van der Waals surface area contributed by atoms with E-state index in [1.165, 1.54) is 0 Å². The average molecular weight is 377 g/mol. The summed E-state index contributed by atoms with van der Waals surface area (Å²) in [6.45, 7) is 1.86. The Morgan fingerprint density at radius 2 is 1.93 bits per heavy atom. The molecule has 28 heavy (non-hydrogen) atoms.